The Hall–Kier alpha value is -2.76. The number of rotatable bonds is 6. The smallest absolute Gasteiger partial charge is 0.356 e. The Morgan fingerprint density at radius 1 is 1.00 bits per heavy atom. The minimum atomic E-state index is -4.36. The summed E-state index contributed by atoms with van der Waals surface area (Å²) in [6, 6.07) is 14.8. The summed E-state index contributed by atoms with van der Waals surface area (Å²) in [5.41, 5.74) is 1.01. The van der Waals surface area contributed by atoms with Crippen molar-refractivity contribution in [2.45, 2.75) is 25.6 Å². The number of carbonyl (C=O) groups excluding carboxylic acids is 1. The van der Waals surface area contributed by atoms with E-state index < -0.39 is 11.7 Å². The zero-order valence-electron chi connectivity index (χ0n) is 14.1. The van der Waals surface area contributed by atoms with Crippen molar-refractivity contribution < 1.29 is 18.0 Å². The lowest BCUT2D eigenvalue weighted by molar-refractivity contribution is -0.137. The molecule has 0 radical (unpaired) electrons. The maximum atomic E-state index is 12.5. The van der Waals surface area contributed by atoms with Crippen molar-refractivity contribution in [1.82, 2.24) is 9.88 Å². The van der Waals surface area contributed by atoms with Crippen LogP contribution in [0.5, 0.6) is 0 Å². The predicted octanol–water partition coefficient (Wildman–Crippen LogP) is 4.41. The Bertz CT molecular complexity index is 882. The average molecular weight is 360 g/mol. The minimum absolute atomic E-state index is 0.0740. The van der Waals surface area contributed by atoms with Gasteiger partial charge < -0.3 is 9.88 Å². The van der Waals surface area contributed by atoms with Crippen LogP contribution >= 0.6 is 0 Å². The fraction of sp³-hybridized carbons (Fsp3) is 0.250. The SMILES string of the molecule is O=C(Cc1ccc(C(F)(F)F)cc1)NCCCn1ccc2ccccc21. The lowest BCUT2D eigenvalue weighted by atomic mass is 10.1. The molecule has 0 spiro atoms. The third kappa shape index (κ3) is 4.45. The van der Waals surface area contributed by atoms with Gasteiger partial charge in [-0.15, -0.1) is 0 Å². The van der Waals surface area contributed by atoms with Crippen molar-refractivity contribution in [2.75, 3.05) is 6.54 Å². The van der Waals surface area contributed by atoms with Gasteiger partial charge >= 0.3 is 6.18 Å². The van der Waals surface area contributed by atoms with Gasteiger partial charge in [-0.3, -0.25) is 4.79 Å². The zero-order chi connectivity index (χ0) is 18.6. The van der Waals surface area contributed by atoms with E-state index in [1.807, 2.05) is 18.3 Å². The molecule has 1 aromatic heterocycles. The number of halogens is 3. The van der Waals surface area contributed by atoms with Gasteiger partial charge in [0.25, 0.3) is 0 Å². The molecule has 1 N–H and O–H groups in total. The third-order valence-corrected chi connectivity index (χ3v) is 4.22. The zero-order valence-corrected chi connectivity index (χ0v) is 14.1. The van der Waals surface area contributed by atoms with Crippen LogP contribution in [-0.2, 0) is 23.9 Å². The number of benzene rings is 2. The fourth-order valence-electron chi connectivity index (χ4n) is 2.87. The monoisotopic (exact) mass is 360 g/mol. The first kappa shape index (κ1) is 18.0. The van der Waals surface area contributed by atoms with Gasteiger partial charge in [0.05, 0.1) is 12.0 Å². The number of aryl methyl sites for hydroxylation is 1. The van der Waals surface area contributed by atoms with E-state index in [-0.39, 0.29) is 12.3 Å². The molecule has 0 unspecified atom stereocenters. The molecule has 3 nitrogen and oxygen atoms in total. The summed E-state index contributed by atoms with van der Waals surface area (Å²) in [4.78, 5) is 11.9. The van der Waals surface area contributed by atoms with Crippen molar-refractivity contribution in [1.29, 1.82) is 0 Å². The first-order valence-electron chi connectivity index (χ1n) is 8.40. The van der Waals surface area contributed by atoms with Gasteiger partial charge in [0, 0.05) is 24.8 Å². The van der Waals surface area contributed by atoms with Crippen molar-refractivity contribution in [3.05, 3.63) is 71.9 Å². The van der Waals surface area contributed by atoms with Crippen molar-refractivity contribution >= 4 is 16.8 Å². The average Bonchev–Trinajstić information content (AvgIpc) is 3.02. The molecule has 2 aromatic carbocycles. The van der Waals surface area contributed by atoms with Crippen LogP contribution in [0.2, 0.25) is 0 Å². The van der Waals surface area contributed by atoms with Gasteiger partial charge in [-0.2, -0.15) is 13.2 Å². The van der Waals surface area contributed by atoms with E-state index in [4.69, 9.17) is 0 Å². The fourth-order valence-corrected chi connectivity index (χ4v) is 2.87. The number of fused-ring (bicyclic) bond motifs is 1. The topological polar surface area (TPSA) is 34.0 Å². The predicted molar refractivity (Wildman–Crippen MR) is 94.7 cm³/mol. The van der Waals surface area contributed by atoms with Gasteiger partial charge in [0.15, 0.2) is 0 Å². The minimum Gasteiger partial charge on any atom is -0.356 e. The second-order valence-electron chi connectivity index (χ2n) is 6.14. The van der Waals surface area contributed by atoms with Crippen LogP contribution in [0.3, 0.4) is 0 Å². The van der Waals surface area contributed by atoms with E-state index in [1.165, 1.54) is 17.5 Å². The molecule has 0 atom stereocenters. The Kier molecular flexibility index (Phi) is 5.30. The molecule has 0 bridgehead atoms. The third-order valence-electron chi connectivity index (χ3n) is 4.22. The first-order valence-corrected chi connectivity index (χ1v) is 8.40. The van der Waals surface area contributed by atoms with E-state index >= 15 is 0 Å². The van der Waals surface area contributed by atoms with Crippen LogP contribution in [0.1, 0.15) is 17.5 Å². The largest absolute Gasteiger partial charge is 0.416 e. The van der Waals surface area contributed by atoms with Crippen LogP contribution in [-0.4, -0.2) is 17.0 Å². The summed E-state index contributed by atoms with van der Waals surface area (Å²) in [6.45, 7) is 1.31. The molecule has 3 aromatic rings. The van der Waals surface area contributed by atoms with Crippen LogP contribution in [0.25, 0.3) is 10.9 Å². The number of hydrogen-bond acceptors (Lipinski definition) is 1. The van der Waals surface area contributed by atoms with Gasteiger partial charge in [-0.05, 0) is 41.6 Å². The summed E-state index contributed by atoms with van der Waals surface area (Å²) in [7, 11) is 0. The van der Waals surface area contributed by atoms with E-state index in [2.05, 4.69) is 28.1 Å². The second kappa shape index (κ2) is 7.64. The van der Waals surface area contributed by atoms with Crippen molar-refractivity contribution in [2.24, 2.45) is 0 Å². The summed E-state index contributed by atoms with van der Waals surface area (Å²) in [5.74, 6) is -0.192. The molecule has 0 saturated carbocycles. The Labute approximate surface area is 149 Å². The van der Waals surface area contributed by atoms with Gasteiger partial charge in [-0.25, -0.2) is 0 Å². The number of nitrogens with zero attached hydrogens (tertiary/aromatic N) is 1. The molecule has 0 fully saturated rings. The molecule has 136 valence electrons. The molecule has 0 aliphatic carbocycles. The molecule has 1 heterocycles. The highest BCUT2D eigenvalue weighted by Crippen LogP contribution is 2.29. The molecular formula is C20H19F3N2O. The second-order valence-corrected chi connectivity index (χ2v) is 6.14. The van der Waals surface area contributed by atoms with Gasteiger partial charge in [-0.1, -0.05) is 30.3 Å². The van der Waals surface area contributed by atoms with E-state index in [9.17, 15) is 18.0 Å². The van der Waals surface area contributed by atoms with E-state index in [0.717, 1.165) is 30.6 Å². The number of para-hydroxylation sites is 1. The number of aromatic nitrogens is 1. The number of carbonyl (C=O) groups is 1. The molecule has 3 rings (SSSR count). The van der Waals surface area contributed by atoms with Crippen LogP contribution in [0.4, 0.5) is 13.2 Å². The normalized spacial score (nSPS) is 11.7. The maximum absolute atomic E-state index is 12.5. The van der Waals surface area contributed by atoms with Crippen LogP contribution < -0.4 is 5.32 Å². The summed E-state index contributed by atoms with van der Waals surface area (Å²) < 4.78 is 39.7. The summed E-state index contributed by atoms with van der Waals surface area (Å²) in [5, 5.41) is 3.99. The quantitative estimate of drug-likeness (QED) is 0.649. The number of alkyl halides is 3. The lowest BCUT2D eigenvalue weighted by Gasteiger charge is -2.09. The Balaban J connectivity index is 1.44. The highest BCUT2D eigenvalue weighted by molar-refractivity contribution is 5.80. The number of nitrogens with one attached hydrogen (secondary N) is 1. The van der Waals surface area contributed by atoms with Crippen molar-refractivity contribution in [3.8, 4) is 0 Å². The van der Waals surface area contributed by atoms with Crippen molar-refractivity contribution in [3.63, 3.8) is 0 Å². The standard InChI is InChI=1S/C20H19F3N2O/c21-20(22,23)17-8-6-15(7-9-17)14-19(26)24-11-3-12-25-13-10-16-4-1-2-5-18(16)25/h1-2,4-10,13H,3,11-12,14H2,(H,24,26). The molecule has 0 aliphatic rings. The number of amides is 1. The molecule has 26 heavy (non-hydrogen) atoms. The maximum Gasteiger partial charge on any atom is 0.416 e. The van der Waals surface area contributed by atoms with Gasteiger partial charge in [0.2, 0.25) is 5.91 Å². The van der Waals surface area contributed by atoms with Gasteiger partial charge in [0.1, 0.15) is 0 Å². The van der Waals surface area contributed by atoms with Crippen LogP contribution in [0.15, 0.2) is 60.8 Å². The molecular weight excluding hydrogens is 341 g/mol. The first-order chi connectivity index (χ1) is 12.4. The Morgan fingerprint density at radius 3 is 2.46 bits per heavy atom. The molecule has 1 amide bonds. The van der Waals surface area contributed by atoms with E-state index in [0.29, 0.717) is 12.1 Å². The Morgan fingerprint density at radius 2 is 1.73 bits per heavy atom. The molecule has 0 aliphatic heterocycles. The highest BCUT2D eigenvalue weighted by Gasteiger charge is 2.29. The lowest BCUT2D eigenvalue weighted by Crippen LogP contribution is -2.26. The number of hydrogen-bond donors (Lipinski definition) is 1. The summed E-state index contributed by atoms with van der Waals surface area (Å²) in [6.07, 6.45) is -1.49. The molecule has 0 saturated heterocycles. The highest BCUT2D eigenvalue weighted by atomic mass is 19.4. The molecule has 6 heteroatoms. The van der Waals surface area contributed by atoms with Crippen LogP contribution in [0, 0.1) is 0 Å². The summed E-state index contributed by atoms with van der Waals surface area (Å²) >= 11 is 0. The van der Waals surface area contributed by atoms with E-state index in [1.54, 1.807) is 0 Å².